The van der Waals surface area contributed by atoms with E-state index in [1.54, 1.807) is 0 Å². The van der Waals surface area contributed by atoms with Gasteiger partial charge in [0.25, 0.3) is 0 Å². The molecular weight excluding hydrogens is 629 g/mol. The zero-order chi connectivity index (χ0) is 37.0. The molecule has 0 heterocycles. The van der Waals surface area contributed by atoms with Crippen LogP contribution in [0.15, 0.2) is 109 Å². The van der Waals surface area contributed by atoms with Crippen LogP contribution in [-0.2, 0) is 14.3 Å². The molecule has 0 aromatic carbocycles. The minimum Gasteiger partial charge on any atom is -0.457 e. The van der Waals surface area contributed by atoms with Gasteiger partial charge in [0.1, 0.15) is 6.10 Å². The summed E-state index contributed by atoms with van der Waals surface area (Å²) in [6.07, 6.45) is 62.9. The van der Waals surface area contributed by atoms with Gasteiger partial charge in [-0.25, -0.2) is 0 Å². The average Bonchev–Trinajstić information content (AvgIpc) is 3.14. The number of hydrogen-bond acceptors (Lipinski definition) is 4. The Morgan fingerprint density at radius 2 is 0.824 bits per heavy atom. The van der Waals surface area contributed by atoms with Crippen LogP contribution in [0.2, 0.25) is 0 Å². The maximum Gasteiger partial charge on any atom is 0.306 e. The number of hydrogen-bond donors (Lipinski definition) is 1. The smallest absolute Gasteiger partial charge is 0.306 e. The van der Waals surface area contributed by atoms with Gasteiger partial charge in [-0.2, -0.15) is 0 Å². The number of aliphatic hydroxyl groups is 1. The van der Waals surface area contributed by atoms with Gasteiger partial charge in [0.05, 0.1) is 13.2 Å². The SMILES string of the molecule is CC/C=C\C/C=C\C/C=C\C/C=C\C/C=C\CCCC(=O)OC(CO)COCCCCCCCCCCC/C=C\C/C=C\C/C=C\C/C=C\CC. The Bertz CT molecular complexity index is 1010. The largest absolute Gasteiger partial charge is 0.457 e. The molecule has 0 bridgehead atoms. The zero-order valence-corrected chi connectivity index (χ0v) is 32.8. The highest BCUT2D eigenvalue weighted by Gasteiger charge is 2.13. The van der Waals surface area contributed by atoms with E-state index in [1.165, 1.54) is 51.4 Å². The Morgan fingerprint density at radius 1 is 0.471 bits per heavy atom. The van der Waals surface area contributed by atoms with E-state index in [2.05, 4.69) is 123 Å². The van der Waals surface area contributed by atoms with E-state index in [0.29, 0.717) is 13.0 Å². The van der Waals surface area contributed by atoms with Crippen LogP contribution in [0.5, 0.6) is 0 Å². The lowest BCUT2D eigenvalue weighted by Crippen LogP contribution is -2.27. The third-order valence-electron chi connectivity index (χ3n) is 8.09. The van der Waals surface area contributed by atoms with Gasteiger partial charge in [-0.3, -0.25) is 4.79 Å². The third-order valence-corrected chi connectivity index (χ3v) is 8.09. The molecule has 1 N–H and O–H groups in total. The van der Waals surface area contributed by atoms with Crippen LogP contribution in [0.3, 0.4) is 0 Å². The minimum atomic E-state index is -0.575. The van der Waals surface area contributed by atoms with Crippen molar-refractivity contribution in [1.82, 2.24) is 0 Å². The first-order valence-electron chi connectivity index (χ1n) is 20.5. The van der Waals surface area contributed by atoms with Crippen molar-refractivity contribution in [3.05, 3.63) is 109 Å². The van der Waals surface area contributed by atoms with Gasteiger partial charge in [-0.15, -0.1) is 0 Å². The molecule has 0 aliphatic heterocycles. The molecule has 0 aromatic rings. The fraction of sp³-hybridized carbons (Fsp3) is 0.596. The van der Waals surface area contributed by atoms with E-state index in [9.17, 15) is 9.90 Å². The molecular formula is C47H76O4. The Labute approximate surface area is 315 Å². The number of carbonyl (C=O) groups excluding carboxylic acids is 1. The fourth-order valence-corrected chi connectivity index (χ4v) is 5.12. The number of allylic oxidation sites excluding steroid dienone is 18. The highest BCUT2D eigenvalue weighted by molar-refractivity contribution is 5.69. The summed E-state index contributed by atoms with van der Waals surface area (Å²) in [5.74, 6) is -0.264. The second kappa shape index (κ2) is 43.2. The summed E-state index contributed by atoms with van der Waals surface area (Å²) in [7, 11) is 0. The summed E-state index contributed by atoms with van der Waals surface area (Å²) >= 11 is 0. The van der Waals surface area contributed by atoms with Crippen LogP contribution >= 0.6 is 0 Å². The number of unbranched alkanes of at least 4 members (excludes halogenated alkanes) is 10. The summed E-state index contributed by atoms with van der Waals surface area (Å²) in [5, 5.41) is 9.59. The molecule has 1 atom stereocenters. The Kier molecular flexibility index (Phi) is 40.7. The van der Waals surface area contributed by atoms with E-state index in [1.807, 2.05) is 0 Å². The maximum absolute atomic E-state index is 12.2. The van der Waals surface area contributed by atoms with Crippen LogP contribution in [0.25, 0.3) is 0 Å². The predicted octanol–water partition coefficient (Wildman–Crippen LogP) is 13.5. The van der Waals surface area contributed by atoms with Crippen LogP contribution < -0.4 is 0 Å². The number of rotatable bonds is 36. The molecule has 0 aliphatic rings. The number of aliphatic hydroxyl groups excluding tert-OH is 1. The maximum atomic E-state index is 12.2. The van der Waals surface area contributed by atoms with Gasteiger partial charge in [-0.05, 0) is 89.9 Å². The van der Waals surface area contributed by atoms with Crippen molar-refractivity contribution in [2.75, 3.05) is 19.8 Å². The lowest BCUT2D eigenvalue weighted by Gasteiger charge is -2.15. The number of esters is 1. The van der Waals surface area contributed by atoms with E-state index in [0.717, 1.165) is 83.5 Å². The van der Waals surface area contributed by atoms with Crippen molar-refractivity contribution in [2.24, 2.45) is 0 Å². The lowest BCUT2D eigenvalue weighted by atomic mass is 10.1. The van der Waals surface area contributed by atoms with Crippen LogP contribution in [-0.4, -0.2) is 37.0 Å². The van der Waals surface area contributed by atoms with E-state index < -0.39 is 6.10 Å². The second-order valence-corrected chi connectivity index (χ2v) is 12.9. The van der Waals surface area contributed by atoms with Crippen LogP contribution in [0.1, 0.15) is 155 Å². The summed E-state index contributed by atoms with van der Waals surface area (Å²) in [4.78, 5) is 12.2. The number of carbonyl (C=O) groups is 1. The highest BCUT2D eigenvalue weighted by atomic mass is 16.6. The Hall–Kier alpha value is -2.95. The van der Waals surface area contributed by atoms with Crippen molar-refractivity contribution in [1.29, 1.82) is 0 Å². The van der Waals surface area contributed by atoms with Crippen molar-refractivity contribution in [3.63, 3.8) is 0 Å². The Morgan fingerprint density at radius 3 is 1.24 bits per heavy atom. The van der Waals surface area contributed by atoms with E-state index in [-0.39, 0.29) is 19.2 Å². The predicted molar refractivity (Wildman–Crippen MR) is 223 cm³/mol. The monoisotopic (exact) mass is 705 g/mol. The third kappa shape index (κ3) is 41.4. The highest BCUT2D eigenvalue weighted by Crippen LogP contribution is 2.11. The van der Waals surface area contributed by atoms with E-state index >= 15 is 0 Å². The zero-order valence-electron chi connectivity index (χ0n) is 32.8. The quantitative estimate of drug-likeness (QED) is 0.0401. The lowest BCUT2D eigenvalue weighted by molar-refractivity contribution is -0.154. The molecule has 288 valence electrons. The van der Waals surface area contributed by atoms with Crippen molar-refractivity contribution < 1.29 is 19.4 Å². The molecule has 0 fully saturated rings. The summed E-state index contributed by atoms with van der Waals surface area (Å²) in [6.45, 7) is 5.02. The second-order valence-electron chi connectivity index (χ2n) is 12.9. The van der Waals surface area contributed by atoms with E-state index in [4.69, 9.17) is 9.47 Å². The average molecular weight is 705 g/mol. The minimum absolute atomic E-state index is 0.204. The van der Waals surface area contributed by atoms with Crippen molar-refractivity contribution in [3.8, 4) is 0 Å². The molecule has 0 saturated carbocycles. The molecule has 4 heteroatoms. The molecule has 0 amide bonds. The standard InChI is InChI=1S/C47H76O4/c1-3-5-7-9-11-13-15-17-19-21-22-23-24-25-27-29-31-33-35-37-39-41-43-50-45-46(44-48)51-47(49)42-40-38-36-34-32-30-28-26-20-18-16-14-12-10-8-6-4-2/h5-8,11-14,17-20,22-23,28,30,34,36,46,48H,3-4,9-10,15-16,21,24-27,29,31-33,35,37-45H2,1-2H3/b7-5-,8-6-,13-11-,14-12-,19-17-,20-18-,23-22-,30-28-,36-34-. The molecule has 0 rings (SSSR count). The molecule has 0 spiro atoms. The topological polar surface area (TPSA) is 55.8 Å². The molecule has 0 aliphatic carbocycles. The first-order chi connectivity index (χ1) is 25.2. The first-order valence-corrected chi connectivity index (χ1v) is 20.5. The van der Waals surface area contributed by atoms with Gasteiger partial charge in [0.15, 0.2) is 0 Å². The van der Waals surface area contributed by atoms with Crippen LogP contribution in [0, 0.1) is 0 Å². The van der Waals surface area contributed by atoms with Gasteiger partial charge in [0, 0.05) is 13.0 Å². The molecule has 1 unspecified atom stereocenters. The number of ether oxygens (including phenoxy) is 2. The molecule has 0 saturated heterocycles. The normalized spacial score (nSPS) is 13.5. The molecule has 4 nitrogen and oxygen atoms in total. The Balaban J connectivity index is 3.57. The summed E-state index contributed by atoms with van der Waals surface area (Å²) in [5.41, 5.74) is 0. The summed E-state index contributed by atoms with van der Waals surface area (Å²) < 4.78 is 11.1. The molecule has 0 aromatic heterocycles. The first kappa shape index (κ1) is 48.1. The van der Waals surface area contributed by atoms with Gasteiger partial charge in [0.2, 0.25) is 0 Å². The van der Waals surface area contributed by atoms with Gasteiger partial charge >= 0.3 is 5.97 Å². The van der Waals surface area contributed by atoms with Crippen LogP contribution in [0.4, 0.5) is 0 Å². The summed E-state index contributed by atoms with van der Waals surface area (Å²) in [6, 6.07) is 0. The van der Waals surface area contributed by atoms with Crippen molar-refractivity contribution >= 4 is 5.97 Å². The fourth-order valence-electron chi connectivity index (χ4n) is 5.12. The van der Waals surface area contributed by atoms with Gasteiger partial charge < -0.3 is 14.6 Å². The van der Waals surface area contributed by atoms with Crippen molar-refractivity contribution in [2.45, 2.75) is 161 Å². The molecule has 0 radical (unpaired) electrons. The molecule has 51 heavy (non-hydrogen) atoms. The van der Waals surface area contributed by atoms with Gasteiger partial charge in [-0.1, -0.05) is 168 Å².